The van der Waals surface area contributed by atoms with Crippen LogP contribution in [0.2, 0.25) is 0 Å². The Kier molecular flexibility index (Phi) is 7.01. The SMILES string of the molecule is Nc1cc(Cn2c(C(=O)NS(=O)(=O)c3ccccc3)c(-c3ccc[nH]c3=O)c3cc(OC(F)(F)F)ccc32)ccn1. The Bertz CT molecular complexity index is 1940. The molecule has 0 radical (unpaired) electrons. The molecule has 3 heterocycles. The number of aromatic amines is 1. The normalized spacial score (nSPS) is 11.9. The number of aromatic nitrogens is 3. The number of amides is 1. The summed E-state index contributed by atoms with van der Waals surface area (Å²) in [5.74, 6) is -1.56. The van der Waals surface area contributed by atoms with Gasteiger partial charge in [0.15, 0.2) is 0 Å². The molecular formula is C27H20F3N5O5S. The first-order valence-corrected chi connectivity index (χ1v) is 13.3. The number of hydrogen-bond acceptors (Lipinski definition) is 7. The Morgan fingerprint density at radius 2 is 1.80 bits per heavy atom. The van der Waals surface area contributed by atoms with Crippen molar-refractivity contribution in [2.45, 2.75) is 17.8 Å². The maximum Gasteiger partial charge on any atom is 0.573 e. The average Bonchev–Trinajstić information content (AvgIpc) is 3.21. The molecule has 0 atom stereocenters. The second-order valence-electron chi connectivity index (χ2n) is 8.79. The van der Waals surface area contributed by atoms with Crippen molar-refractivity contribution in [1.82, 2.24) is 19.3 Å². The van der Waals surface area contributed by atoms with Crippen LogP contribution in [0.4, 0.5) is 19.0 Å². The number of rotatable bonds is 7. The summed E-state index contributed by atoms with van der Waals surface area (Å²) in [7, 11) is -4.38. The van der Waals surface area contributed by atoms with E-state index >= 15 is 0 Å². The molecule has 0 aliphatic heterocycles. The van der Waals surface area contributed by atoms with Crippen LogP contribution in [0.25, 0.3) is 22.0 Å². The highest BCUT2D eigenvalue weighted by Crippen LogP contribution is 2.37. The van der Waals surface area contributed by atoms with Gasteiger partial charge in [-0.15, -0.1) is 13.2 Å². The molecule has 0 aliphatic rings. The van der Waals surface area contributed by atoms with Crippen LogP contribution in [0.3, 0.4) is 0 Å². The smallest absolute Gasteiger partial charge is 0.406 e. The summed E-state index contributed by atoms with van der Waals surface area (Å²) in [5.41, 5.74) is 5.43. The third-order valence-corrected chi connectivity index (χ3v) is 7.38. The fraction of sp³-hybridized carbons (Fsp3) is 0.0741. The number of alkyl halides is 3. The maximum atomic E-state index is 13.8. The van der Waals surface area contributed by atoms with Gasteiger partial charge in [-0.2, -0.15) is 0 Å². The third-order valence-electron chi connectivity index (χ3n) is 6.04. The van der Waals surface area contributed by atoms with Gasteiger partial charge in [0.1, 0.15) is 17.3 Å². The molecule has 41 heavy (non-hydrogen) atoms. The fourth-order valence-corrected chi connectivity index (χ4v) is 5.40. The highest BCUT2D eigenvalue weighted by atomic mass is 32.2. The van der Waals surface area contributed by atoms with Crippen molar-refractivity contribution >= 4 is 32.7 Å². The quantitative estimate of drug-likeness (QED) is 0.262. The van der Waals surface area contributed by atoms with Crippen LogP contribution in [0.15, 0.2) is 94.9 Å². The number of benzene rings is 2. The number of fused-ring (bicyclic) bond motifs is 1. The molecule has 0 bridgehead atoms. The maximum absolute atomic E-state index is 13.8. The van der Waals surface area contributed by atoms with Crippen LogP contribution in [0.1, 0.15) is 16.1 Å². The molecule has 210 valence electrons. The number of nitrogens with one attached hydrogen (secondary N) is 2. The van der Waals surface area contributed by atoms with E-state index in [1.165, 1.54) is 65.5 Å². The Balaban J connectivity index is 1.79. The third kappa shape index (κ3) is 5.77. The zero-order chi connectivity index (χ0) is 29.4. The number of halogens is 3. The van der Waals surface area contributed by atoms with E-state index in [9.17, 15) is 31.2 Å². The van der Waals surface area contributed by atoms with Gasteiger partial charge in [0.05, 0.1) is 4.90 Å². The van der Waals surface area contributed by atoms with E-state index in [2.05, 4.69) is 14.7 Å². The van der Waals surface area contributed by atoms with Gasteiger partial charge in [-0.05, 0) is 60.2 Å². The van der Waals surface area contributed by atoms with Crippen molar-refractivity contribution in [3.05, 3.63) is 107 Å². The van der Waals surface area contributed by atoms with Crippen molar-refractivity contribution in [1.29, 1.82) is 0 Å². The number of nitrogen functional groups attached to an aromatic ring is 1. The van der Waals surface area contributed by atoms with E-state index < -0.39 is 33.6 Å². The molecule has 3 aromatic heterocycles. The second-order valence-corrected chi connectivity index (χ2v) is 10.5. The number of pyridine rings is 2. The molecule has 5 rings (SSSR count). The van der Waals surface area contributed by atoms with E-state index in [1.54, 1.807) is 12.1 Å². The lowest BCUT2D eigenvalue weighted by atomic mass is 10.0. The highest BCUT2D eigenvalue weighted by Gasteiger charge is 2.33. The number of nitrogens with zero attached hydrogens (tertiary/aromatic N) is 2. The molecule has 14 heteroatoms. The molecule has 0 spiro atoms. The summed E-state index contributed by atoms with van der Waals surface area (Å²) in [5, 5.41) is 0.0349. The predicted octanol–water partition coefficient (Wildman–Crippen LogP) is 4.04. The van der Waals surface area contributed by atoms with Gasteiger partial charge < -0.3 is 20.0 Å². The van der Waals surface area contributed by atoms with Crippen LogP contribution < -0.4 is 20.8 Å². The monoisotopic (exact) mass is 583 g/mol. The van der Waals surface area contributed by atoms with E-state index in [1.807, 2.05) is 4.72 Å². The van der Waals surface area contributed by atoms with Crippen molar-refractivity contribution in [3.63, 3.8) is 0 Å². The van der Waals surface area contributed by atoms with Crippen molar-refractivity contribution in [2.75, 3.05) is 5.73 Å². The zero-order valence-corrected chi connectivity index (χ0v) is 21.7. The molecule has 0 fully saturated rings. The van der Waals surface area contributed by atoms with Crippen LogP contribution in [0, 0.1) is 0 Å². The first-order chi connectivity index (χ1) is 19.4. The first kappa shape index (κ1) is 27.5. The summed E-state index contributed by atoms with van der Waals surface area (Å²) in [6, 6.07) is 16.4. The van der Waals surface area contributed by atoms with Gasteiger partial charge >= 0.3 is 6.36 Å². The molecule has 5 aromatic rings. The van der Waals surface area contributed by atoms with Crippen molar-refractivity contribution in [2.24, 2.45) is 0 Å². The Hall–Kier alpha value is -5.11. The van der Waals surface area contributed by atoms with Crippen LogP contribution in [0.5, 0.6) is 5.75 Å². The van der Waals surface area contributed by atoms with Crippen LogP contribution in [-0.4, -0.2) is 35.2 Å². The van der Waals surface area contributed by atoms with Crippen molar-refractivity contribution < 1.29 is 31.1 Å². The Morgan fingerprint density at radius 1 is 1.05 bits per heavy atom. The Labute approximate surface area is 230 Å². The number of carbonyl (C=O) groups excluding carboxylic acids is 1. The van der Waals surface area contributed by atoms with E-state index in [-0.39, 0.29) is 45.0 Å². The lowest BCUT2D eigenvalue weighted by molar-refractivity contribution is -0.274. The number of nitrogens with two attached hydrogens (primary N) is 1. The van der Waals surface area contributed by atoms with Crippen LogP contribution in [-0.2, 0) is 16.6 Å². The summed E-state index contributed by atoms with van der Waals surface area (Å²) in [4.78, 5) is 33.0. The van der Waals surface area contributed by atoms with Gasteiger partial charge in [-0.25, -0.2) is 18.1 Å². The van der Waals surface area contributed by atoms with E-state index in [4.69, 9.17) is 5.73 Å². The zero-order valence-electron chi connectivity index (χ0n) is 20.8. The minimum absolute atomic E-state index is 0.0349. The predicted molar refractivity (Wildman–Crippen MR) is 144 cm³/mol. The van der Waals surface area contributed by atoms with Gasteiger partial charge in [-0.3, -0.25) is 9.59 Å². The summed E-state index contributed by atoms with van der Waals surface area (Å²) in [6.45, 7) is -0.0818. The molecule has 0 unspecified atom stereocenters. The lowest BCUT2D eigenvalue weighted by Crippen LogP contribution is -2.32. The number of carbonyl (C=O) groups is 1. The standard InChI is InChI=1S/C27H20F3N5O5S/c28-27(29,30)40-17-8-9-21-20(14-17)23(19-7-4-11-33-25(19)36)24(35(21)15-16-10-12-32-22(31)13-16)26(37)34-41(38,39)18-5-2-1-3-6-18/h1-14H,15H2,(H2,31,32)(H,33,36)(H,34,37). The molecular weight excluding hydrogens is 563 g/mol. The van der Waals surface area contributed by atoms with Crippen LogP contribution >= 0.6 is 0 Å². The van der Waals surface area contributed by atoms with Gasteiger partial charge in [0.2, 0.25) is 0 Å². The molecule has 0 aliphatic carbocycles. The summed E-state index contributed by atoms with van der Waals surface area (Å²) < 4.78 is 72.9. The molecule has 0 saturated carbocycles. The fourth-order valence-electron chi connectivity index (χ4n) is 4.43. The number of anilines is 1. The summed E-state index contributed by atoms with van der Waals surface area (Å²) >= 11 is 0. The number of ether oxygens (including phenoxy) is 1. The minimum Gasteiger partial charge on any atom is -0.406 e. The van der Waals surface area contributed by atoms with Gasteiger partial charge in [-0.1, -0.05) is 18.2 Å². The lowest BCUT2D eigenvalue weighted by Gasteiger charge is -2.13. The van der Waals surface area contributed by atoms with E-state index in [0.29, 0.717) is 5.56 Å². The van der Waals surface area contributed by atoms with Crippen molar-refractivity contribution in [3.8, 4) is 16.9 Å². The van der Waals surface area contributed by atoms with E-state index in [0.717, 1.165) is 12.1 Å². The van der Waals surface area contributed by atoms with Gasteiger partial charge in [0, 0.05) is 41.0 Å². The number of sulfonamides is 1. The molecule has 10 nitrogen and oxygen atoms in total. The highest BCUT2D eigenvalue weighted by molar-refractivity contribution is 7.90. The molecule has 4 N–H and O–H groups in total. The number of H-pyrrole nitrogens is 1. The minimum atomic E-state index is -5.01. The topological polar surface area (TPSA) is 149 Å². The number of hydrogen-bond donors (Lipinski definition) is 3. The molecule has 2 aromatic carbocycles. The first-order valence-electron chi connectivity index (χ1n) is 11.9. The Morgan fingerprint density at radius 3 is 2.49 bits per heavy atom. The molecule has 0 saturated heterocycles. The molecule has 1 amide bonds. The average molecular weight is 584 g/mol. The largest absolute Gasteiger partial charge is 0.573 e. The van der Waals surface area contributed by atoms with Gasteiger partial charge in [0.25, 0.3) is 21.5 Å². The summed E-state index contributed by atoms with van der Waals surface area (Å²) in [6.07, 6.45) is -2.25. The second kappa shape index (κ2) is 10.5.